The van der Waals surface area contributed by atoms with Crippen LogP contribution >= 0.6 is 0 Å². The highest BCUT2D eigenvalue weighted by atomic mass is 16.5. The number of hydrogen-bond acceptors (Lipinski definition) is 7. The second kappa shape index (κ2) is 12.0. The maximum atomic E-state index is 13.4. The minimum Gasteiger partial charge on any atom is -0.465 e. The number of nitrogens with one attached hydrogen (secondary N) is 1. The lowest BCUT2D eigenvalue weighted by atomic mass is 9.98. The normalized spacial score (nSPS) is 16.5. The number of benzene rings is 3. The van der Waals surface area contributed by atoms with Crippen LogP contribution < -0.4 is 15.1 Å². The van der Waals surface area contributed by atoms with Crippen molar-refractivity contribution in [2.24, 2.45) is 0 Å². The first-order valence-electron chi connectivity index (χ1n) is 13.6. The Morgan fingerprint density at radius 2 is 1.49 bits per heavy atom. The van der Waals surface area contributed by atoms with Crippen molar-refractivity contribution in [2.75, 3.05) is 76.1 Å². The van der Waals surface area contributed by atoms with E-state index in [0.717, 1.165) is 48.8 Å². The van der Waals surface area contributed by atoms with E-state index in [4.69, 9.17) is 4.74 Å². The molecule has 0 spiro atoms. The third kappa shape index (κ3) is 5.86. The Kier molecular flexibility index (Phi) is 8.19. The fourth-order valence-electron chi connectivity index (χ4n) is 5.23. The van der Waals surface area contributed by atoms with E-state index in [2.05, 4.69) is 22.2 Å². The first kappa shape index (κ1) is 28.1. The molecule has 0 bridgehead atoms. The van der Waals surface area contributed by atoms with E-state index < -0.39 is 5.97 Å². The quantitative estimate of drug-likeness (QED) is 0.353. The van der Waals surface area contributed by atoms with Crippen LogP contribution in [0.25, 0.3) is 11.3 Å². The molecular weight excluding hydrogens is 518 g/mol. The highest BCUT2D eigenvalue weighted by Crippen LogP contribution is 2.40. The van der Waals surface area contributed by atoms with Gasteiger partial charge >= 0.3 is 5.97 Å². The second-order valence-electron chi connectivity index (χ2n) is 10.4. The number of carbonyl (C=O) groups excluding carboxylic acids is 3. The lowest BCUT2D eigenvalue weighted by Gasteiger charge is -2.32. The number of carbonyl (C=O) groups is 3. The van der Waals surface area contributed by atoms with Crippen molar-refractivity contribution in [1.29, 1.82) is 0 Å². The molecule has 0 aliphatic carbocycles. The van der Waals surface area contributed by atoms with Crippen molar-refractivity contribution in [1.82, 2.24) is 9.80 Å². The van der Waals surface area contributed by atoms with Crippen LogP contribution in [0, 0.1) is 0 Å². The highest BCUT2D eigenvalue weighted by Gasteiger charge is 2.31. The van der Waals surface area contributed by atoms with E-state index in [-0.39, 0.29) is 11.8 Å². The van der Waals surface area contributed by atoms with Crippen LogP contribution in [0.3, 0.4) is 0 Å². The number of piperazine rings is 1. The first-order chi connectivity index (χ1) is 19.8. The standard InChI is InChI=1S/C32H35N5O4/c1-34-16-18-37(19-17-34)21-28(38)35(2)24-11-13-25(14-12-24)36(3)30(22-8-6-5-7-9-22)29-26-15-10-23(32(40)41-4)20-27(26)33-31(29)39/h5-15,20H,16-19,21H2,1-4H3,(H,33,39)/b30-29-. The molecule has 2 amide bonds. The van der Waals surface area contributed by atoms with Crippen LogP contribution in [-0.4, -0.2) is 88.6 Å². The molecule has 0 saturated carbocycles. The van der Waals surface area contributed by atoms with Gasteiger partial charge in [0.1, 0.15) is 0 Å². The van der Waals surface area contributed by atoms with Gasteiger partial charge in [0.2, 0.25) is 5.91 Å². The number of fused-ring (bicyclic) bond motifs is 1. The molecule has 1 fully saturated rings. The zero-order valence-corrected chi connectivity index (χ0v) is 23.9. The zero-order valence-electron chi connectivity index (χ0n) is 23.9. The maximum absolute atomic E-state index is 13.4. The van der Waals surface area contributed by atoms with Crippen LogP contribution in [0.2, 0.25) is 0 Å². The minimum atomic E-state index is -0.466. The molecule has 0 aromatic heterocycles. The molecule has 1 saturated heterocycles. The number of hydrogen-bond donors (Lipinski definition) is 1. The summed E-state index contributed by atoms with van der Waals surface area (Å²) in [6.07, 6.45) is 0. The van der Waals surface area contributed by atoms with E-state index >= 15 is 0 Å². The van der Waals surface area contributed by atoms with Gasteiger partial charge in [0.05, 0.1) is 36.2 Å². The number of anilines is 3. The minimum absolute atomic E-state index is 0.0494. The summed E-state index contributed by atoms with van der Waals surface area (Å²) in [5.74, 6) is -0.668. The van der Waals surface area contributed by atoms with E-state index in [0.29, 0.717) is 28.9 Å². The van der Waals surface area contributed by atoms with Crippen LogP contribution in [0.4, 0.5) is 17.1 Å². The van der Waals surface area contributed by atoms with E-state index in [1.807, 2.05) is 66.5 Å². The molecular formula is C32H35N5O4. The Bertz CT molecular complexity index is 1480. The number of ether oxygens (including phenoxy) is 1. The van der Waals surface area contributed by atoms with E-state index in [1.165, 1.54) is 7.11 Å². The average molecular weight is 554 g/mol. The topological polar surface area (TPSA) is 85.4 Å². The van der Waals surface area contributed by atoms with Crippen molar-refractivity contribution >= 4 is 46.1 Å². The van der Waals surface area contributed by atoms with Crippen molar-refractivity contribution < 1.29 is 19.1 Å². The largest absolute Gasteiger partial charge is 0.465 e. The Morgan fingerprint density at radius 1 is 0.854 bits per heavy atom. The van der Waals surface area contributed by atoms with Crippen LogP contribution in [-0.2, 0) is 14.3 Å². The summed E-state index contributed by atoms with van der Waals surface area (Å²) >= 11 is 0. The van der Waals surface area contributed by atoms with Crippen molar-refractivity contribution in [2.45, 2.75) is 0 Å². The monoisotopic (exact) mass is 553 g/mol. The van der Waals surface area contributed by atoms with Gasteiger partial charge in [0, 0.05) is 57.2 Å². The highest BCUT2D eigenvalue weighted by molar-refractivity contribution is 6.37. The number of esters is 1. The predicted molar refractivity (Wildman–Crippen MR) is 162 cm³/mol. The molecule has 212 valence electrons. The van der Waals surface area contributed by atoms with Gasteiger partial charge in [0.15, 0.2) is 0 Å². The summed E-state index contributed by atoms with van der Waals surface area (Å²) in [6, 6.07) is 22.5. The lowest BCUT2D eigenvalue weighted by molar-refractivity contribution is -0.119. The predicted octanol–water partition coefficient (Wildman–Crippen LogP) is 3.64. The van der Waals surface area contributed by atoms with Crippen LogP contribution in [0.5, 0.6) is 0 Å². The van der Waals surface area contributed by atoms with Gasteiger partial charge in [0.25, 0.3) is 5.91 Å². The Balaban J connectivity index is 1.44. The van der Waals surface area contributed by atoms with Gasteiger partial charge in [-0.15, -0.1) is 0 Å². The number of methoxy groups -OCH3 is 1. The van der Waals surface area contributed by atoms with E-state index in [9.17, 15) is 14.4 Å². The lowest BCUT2D eigenvalue weighted by Crippen LogP contribution is -2.48. The number of amides is 2. The molecule has 0 unspecified atom stereocenters. The fourth-order valence-corrected chi connectivity index (χ4v) is 5.23. The molecule has 9 nitrogen and oxygen atoms in total. The van der Waals surface area contributed by atoms with Crippen LogP contribution in [0.15, 0.2) is 72.8 Å². The molecule has 0 atom stereocenters. The summed E-state index contributed by atoms with van der Waals surface area (Å²) in [5, 5.41) is 2.91. The van der Waals surface area contributed by atoms with Gasteiger partial charge < -0.3 is 24.8 Å². The van der Waals surface area contributed by atoms with Gasteiger partial charge in [-0.05, 0) is 49.0 Å². The third-order valence-electron chi connectivity index (χ3n) is 7.76. The molecule has 5 rings (SSSR count). The average Bonchev–Trinajstić information content (AvgIpc) is 3.32. The Hall–Kier alpha value is -4.47. The van der Waals surface area contributed by atoms with Gasteiger partial charge in [-0.2, -0.15) is 0 Å². The number of rotatable bonds is 7. The molecule has 41 heavy (non-hydrogen) atoms. The van der Waals surface area contributed by atoms with Gasteiger partial charge in [-0.3, -0.25) is 14.5 Å². The van der Waals surface area contributed by atoms with Crippen molar-refractivity contribution in [3.8, 4) is 0 Å². The van der Waals surface area contributed by atoms with E-state index in [1.54, 1.807) is 30.1 Å². The summed E-state index contributed by atoms with van der Waals surface area (Å²) in [6.45, 7) is 4.09. The summed E-state index contributed by atoms with van der Waals surface area (Å²) in [7, 11) is 7.15. The molecule has 2 aliphatic rings. The smallest absolute Gasteiger partial charge is 0.337 e. The third-order valence-corrected chi connectivity index (χ3v) is 7.76. The van der Waals surface area contributed by atoms with Crippen molar-refractivity contribution in [3.05, 3.63) is 89.5 Å². The molecule has 1 N–H and O–H groups in total. The second-order valence-corrected chi connectivity index (χ2v) is 10.4. The van der Waals surface area contributed by atoms with Gasteiger partial charge in [-0.1, -0.05) is 36.4 Å². The van der Waals surface area contributed by atoms with Crippen LogP contribution in [0.1, 0.15) is 21.5 Å². The summed E-state index contributed by atoms with van der Waals surface area (Å²) < 4.78 is 4.85. The number of likely N-dealkylation sites (N-methyl/N-ethyl adjacent to an activating group) is 2. The number of nitrogens with zero attached hydrogens (tertiary/aromatic N) is 4. The first-order valence-corrected chi connectivity index (χ1v) is 13.6. The fraction of sp³-hybridized carbons (Fsp3) is 0.281. The molecule has 2 aliphatic heterocycles. The Labute approximate surface area is 240 Å². The summed E-state index contributed by atoms with van der Waals surface area (Å²) in [5.41, 5.74) is 5.39. The SMILES string of the molecule is COC(=O)c1ccc2c(c1)NC(=O)/C2=C(/c1ccccc1)N(C)c1ccc(N(C)C(=O)CN2CCN(C)CC2)cc1. The Morgan fingerprint density at radius 3 is 2.12 bits per heavy atom. The summed E-state index contributed by atoms with van der Waals surface area (Å²) in [4.78, 5) is 46.6. The molecule has 3 aromatic carbocycles. The maximum Gasteiger partial charge on any atom is 0.337 e. The van der Waals surface area contributed by atoms with Crippen molar-refractivity contribution in [3.63, 3.8) is 0 Å². The van der Waals surface area contributed by atoms with Gasteiger partial charge in [-0.25, -0.2) is 4.79 Å². The molecule has 3 aromatic rings. The molecule has 2 heterocycles. The zero-order chi connectivity index (χ0) is 29.1. The molecule has 9 heteroatoms. The molecule has 0 radical (unpaired) electrons.